The Kier molecular flexibility index (Phi) is 6.02. The first-order chi connectivity index (χ1) is 11.0. The number of ether oxygens (including phenoxy) is 1. The number of anilines is 1. The number of benzene rings is 2. The van der Waals surface area contributed by atoms with Crippen LogP contribution in [0.4, 0.5) is 10.5 Å². The van der Waals surface area contributed by atoms with Crippen molar-refractivity contribution in [2.75, 3.05) is 19.0 Å². The van der Waals surface area contributed by atoms with Gasteiger partial charge < -0.3 is 15.4 Å². The molecule has 0 aliphatic heterocycles. The summed E-state index contributed by atoms with van der Waals surface area (Å²) in [5, 5.41) is 6.25. The fourth-order valence-corrected chi connectivity index (χ4v) is 2.49. The van der Waals surface area contributed by atoms with Crippen molar-refractivity contribution >= 4 is 23.3 Å². The van der Waals surface area contributed by atoms with Crippen molar-refractivity contribution in [1.82, 2.24) is 5.32 Å². The third-order valence-corrected chi connectivity index (χ3v) is 4.09. The van der Waals surface area contributed by atoms with Gasteiger partial charge in [0.05, 0.1) is 0 Å². The first kappa shape index (κ1) is 17.3. The first-order valence-corrected chi connectivity index (χ1v) is 7.78. The van der Waals surface area contributed by atoms with E-state index in [9.17, 15) is 4.79 Å². The van der Waals surface area contributed by atoms with Crippen molar-refractivity contribution in [3.8, 4) is 0 Å². The largest absolute Gasteiger partial charge is 0.375 e. The SMILES string of the molecule is CO[C@H](CNC(=O)Nc1ccc(C)c(C)c1)c1ccccc1Cl. The third-order valence-electron chi connectivity index (χ3n) is 3.75. The molecule has 5 heteroatoms. The number of carbonyl (C=O) groups is 1. The van der Waals surface area contributed by atoms with Crippen LogP contribution in [-0.2, 0) is 4.74 Å². The number of aryl methyl sites for hydroxylation is 2. The fraction of sp³-hybridized carbons (Fsp3) is 0.278. The Morgan fingerprint density at radius 2 is 1.91 bits per heavy atom. The van der Waals surface area contributed by atoms with E-state index < -0.39 is 0 Å². The average molecular weight is 333 g/mol. The van der Waals surface area contributed by atoms with E-state index in [1.54, 1.807) is 13.2 Å². The summed E-state index contributed by atoms with van der Waals surface area (Å²) in [6.07, 6.45) is -0.297. The molecule has 0 unspecified atom stereocenters. The summed E-state index contributed by atoms with van der Waals surface area (Å²) in [6.45, 7) is 4.37. The summed E-state index contributed by atoms with van der Waals surface area (Å²) in [5.41, 5.74) is 3.93. The fourth-order valence-electron chi connectivity index (χ4n) is 2.24. The van der Waals surface area contributed by atoms with E-state index >= 15 is 0 Å². The maximum absolute atomic E-state index is 12.0. The summed E-state index contributed by atoms with van der Waals surface area (Å²) < 4.78 is 5.43. The number of urea groups is 1. The highest BCUT2D eigenvalue weighted by Gasteiger charge is 2.15. The minimum Gasteiger partial charge on any atom is -0.375 e. The summed E-state index contributed by atoms with van der Waals surface area (Å²) in [5.74, 6) is 0. The van der Waals surface area contributed by atoms with Crippen LogP contribution in [0, 0.1) is 13.8 Å². The van der Waals surface area contributed by atoms with Gasteiger partial charge in [-0.2, -0.15) is 0 Å². The molecular formula is C18H21ClN2O2. The zero-order chi connectivity index (χ0) is 16.8. The van der Waals surface area contributed by atoms with Crippen LogP contribution in [-0.4, -0.2) is 19.7 Å². The maximum atomic E-state index is 12.0. The molecule has 1 atom stereocenters. The van der Waals surface area contributed by atoms with Crippen molar-refractivity contribution in [3.63, 3.8) is 0 Å². The van der Waals surface area contributed by atoms with E-state index in [1.807, 2.05) is 50.2 Å². The second-order valence-electron chi connectivity index (χ2n) is 5.38. The number of methoxy groups -OCH3 is 1. The molecule has 0 fully saturated rings. The topological polar surface area (TPSA) is 50.4 Å². The smallest absolute Gasteiger partial charge is 0.319 e. The quantitative estimate of drug-likeness (QED) is 0.849. The minimum absolute atomic E-state index is 0.276. The molecule has 0 radical (unpaired) electrons. The Balaban J connectivity index is 1.94. The van der Waals surface area contributed by atoms with Crippen LogP contribution in [0.25, 0.3) is 0 Å². The maximum Gasteiger partial charge on any atom is 0.319 e. The second kappa shape index (κ2) is 7.99. The summed E-state index contributed by atoms with van der Waals surface area (Å²) in [7, 11) is 1.59. The lowest BCUT2D eigenvalue weighted by atomic mass is 10.1. The number of nitrogens with one attached hydrogen (secondary N) is 2. The van der Waals surface area contributed by atoms with Crippen molar-refractivity contribution in [2.45, 2.75) is 20.0 Å². The van der Waals surface area contributed by atoms with Crippen LogP contribution < -0.4 is 10.6 Å². The molecule has 0 aliphatic carbocycles. The van der Waals surface area contributed by atoms with Gasteiger partial charge in [0.1, 0.15) is 6.10 Å². The molecule has 0 saturated heterocycles. The predicted molar refractivity (Wildman–Crippen MR) is 94.1 cm³/mol. The van der Waals surface area contributed by atoms with E-state index in [0.717, 1.165) is 16.8 Å². The molecule has 2 aromatic rings. The van der Waals surface area contributed by atoms with Crippen molar-refractivity contribution in [2.24, 2.45) is 0 Å². The number of rotatable bonds is 5. The molecule has 0 bridgehead atoms. The second-order valence-corrected chi connectivity index (χ2v) is 5.79. The molecule has 0 saturated carbocycles. The lowest BCUT2D eigenvalue weighted by Crippen LogP contribution is -2.33. The molecule has 2 aromatic carbocycles. The summed E-state index contributed by atoms with van der Waals surface area (Å²) in [4.78, 5) is 12.0. The van der Waals surface area contributed by atoms with Crippen LogP contribution in [0.5, 0.6) is 0 Å². The number of carbonyl (C=O) groups excluding carboxylic acids is 1. The highest BCUT2D eigenvalue weighted by atomic mass is 35.5. The van der Waals surface area contributed by atoms with Crippen molar-refractivity contribution in [1.29, 1.82) is 0 Å². The monoisotopic (exact) mass is 332 g/mol. The number of hydrogen-bond acceptors (Lipinski definition) is 2. The molecule has 2 rings (SSSR count). The summed E-state index contributed by atoms with van der Waals surface area (Å²) in [6, 6.07) is 13.0. The molecule has 0 heterocycles. The normalized spacial score (nSPS) is 11.8. The van der Waals surface area contributed by atoms with Gasteiger partial charge in [0.15, 0.2) is 0 Å². The number of hydrogen-bond donors (Lipinski definition) is 2. The zero-order valence-electron chi connectivity index (χ0n) is 13.5. The van der Waals surface area contributed by atoms with Crippen LogP contribution in [0.15, 0.2) is 42.5 Å². The zero-order valence-corrected chi connectivity index (χ0v) is 14.3. The van der Waals surface area contributed by atoms with Gasteiger partial charge in [-0.25, -0.2) is 4.79 Å². The van der Waals surface area contributed by atoms with Gasteiger partial charge in [0, 0.05) is 29.9 Å². The molecule has 0 spiro atoms. The molecule has 122 valence electrons. The molecule has 23 heavy (non-hydrogen) atoms. The molecule has 2 N–H and O–H groups in total. The van der Waals surface area contributed by atoms with Gasteiger partial charge in [0.25, 0.3) is 0 Å². The third kappa shape index (κ3) is 4.71. The minimum atomic E-state index is -0.297. The van der Waals surface area contributed by atoms with Gasteiger partial charge in [-0.15, -0.1) is 0 Å². The van der Waals surface area contributed by atoms with E-state index in [0.29, 0.717) is 11.6 Å². The van der Waals surface area contributed by atoms with Gasteiger partial charge >= 0.3 is 6.03 Å². The predicted octanol–water partition coefficient (Wildman–Crippen LogP) is 4.47. The summed E-state index contributed by atoms with van der Waals surface area (Å²) >= 11 is 6.17. The molecule has 0 aliphatic rings. The van der Waals surface area contributed by atoms with Crippen LogP contribution in [0.2, 0.25) is 5.02 Å². The van der Waals surface area contributed by atoms with E-state index in [-0.39, 0.29) is 12.1 Å². The Morgan fingerprint density at radius 1 is 1.17 bits per heavy atom. The lowest BCUT2D eigenvalue weighted by Gasteiger charge is -2.18. The Bertz CT molecular complexity index is 688. The first-order valence-electron chi connectivity index (χ1n) is 7.40. The highest BCUT2D eigenvalue weighted by Crippen LogP contribution is 2.24. The Hall–Kier alpha value is -2.04. The Morgan fingerprint density at radius 3 is 2.57 bits per heavy atom. The lowest BCUT2D eigenvalue weighted by molar-refractivity contribution is 0.104. The van der Waals surface area contributed by atoms with Gasteiger partial charge in [-0.3, -0.25) is 0 Å². The van der Waals surface area contributed by atoms with Crippen LogP contribution >= 0.6 is 11.6 Å². The number of amides is 2. The van der Waals surface area contributed by atoms with Gasteiger partial charge in [0.2, 0.25) is 0 Å². The number of halogens is 1. The van der Waals surface area contributed by atoms with E-state index in [4.69, 9.17) is 16.3 Å². The molecule has 2 amide bonds. The average Bonchev–Trinajstić information content (AvgIpc) is 2.53. The highest BCUT2D eigenvalue weighted by molar-refractivity contribution is 6.31. The van der Waals surface area contributed by atoms with Gasteiger partial charge in [-0.05, 0) is 43.2 Å². The Labute approximate surface area is 141 Å². The standard InChI is InChI=1S/C18H21ClN2O2/c1-12-8-9-14(10-13(12)2)21-18(22)20-11-17(23-3)15-6-4-5-7-16(15)19/h4-10,17H,11H2,1-3H3,(H2,20,21,22)/t17-/m1/s1. The molecule has 4 nitrogen and oxygen atoms in total. The van der Waals surface area contributed by atoms with Crippen LogP contribution in [0.1, 0.15) is 22.8 Å². The van der Waals surface area contributed by atoms with Crippen LogP contribution in [0.3, 0.4) is 0 Å². The van der Waals surface area contributed by atoms with Crippen molar-refractivity contribution < 1.29 is 9.53 Å². The molecule has 0 aromatic heterocycles. The van der Waals surface area contributed by atoms with Crippen molar-refractivity contribution in [3.05, 3.63) is 64.2 Å². The van der Waals surface area contributed by atoms with Gasteiger partial charge in [-0.1, -0.05) is 35.9 Å². The van der Waals surface area contributed by atoms with E-state index in [1.165, 1.54) is 5.56 Å². The van der Waals surface area contributed by atoms with E-state index in [2.05, 4.69) is 10.6 Å². The molecular weight excluding hydrogens is 312 g/mol.